The second-order valence-corrected chi connectivity index (χ2v) is 11.3. The number of ether oxygens (including phenoxy) is 1. The lowest BCUT2D eigenvalue weighted by atomic mass is 9.74. The predicted octanol–water partition coefficient (Wildman–Crippen LogP) is 3.32. The van der Waals surface area contributed by atoms with Gasteiger partial charge in [-0.1, -0.05) is 43.9 Å². The van der Waals surface area contributed by atoms with Crippen LogP contribution in [0.2, 0.25) is 0 Å². The molecular formula is C27H34N2O4S. The second kappa shape index (κ2) is 10.5. The monoisotopic (exact) mass is 482 g/mol. The topological polar surface area (TPSA) is 70.1 Å². The fraction of sp³-hybridized carbons (Fsp3) is 0.481. The van der Waals surface area contributed by atoms with Crippen molar-refractivity contribution in [3.63, 3.8) is 0 Å². The van der Waals surface area contributed by atoms with Gasteiger partial charge in [-0.05, 0) is 49.2 Å². The van der Waals surface area contributed by atoms with E-state index in [4.69, 9.17) is 4.74 Å². The molecule has 2 aromatic carbocycles. The van der Waals surface area contributed by atoms with Gasteiger partial charge >= 0.3 is 0 Å². The van der Waals surface area contributed by atoms with Crippen molar-refractivity contribution < 1.29 is 18.3 Å². The first-order valence-corrected chi connectivity index (χ1v) is 13.4. The average Bonchev–Trinajstić information content (AvgIpc) is 2.82. The predicted molar refractivity (Wildman–Crippen MR) is 133 cm³/mol. The van der Waals surface area contributed by atoms with Crippen LogP contribution in [-0.4, -0.2) is 68.2 Å². The Kier molecular flexibility index (Phi) is 7.63. The third-order valence-corrected chi connectivity index (χ3v) is 8.67. The van der Waals surface area contributed by atoms with Crippen LogP contribution in [0.3, 0.4) is 0 Å². The molecule has 2 aliphatic rings. The molecule has 0 aliphatic carbocycles. The van der Waals surface area contributed by atoms with Gasteiger partial charge in [-0.25, -0.2) is 8.42 Å². The molecule has 0 amide bonds. The number of sulfonamides is 1. The van der Waals surface area contributed by atoms with Crippen LogP contribution in [0, 0.1) is 17.8 Å². The molecule has 0 radical (unpaired) electrons. The van der Waals surface area contributed by atoms with E-state index in [1.165, 1.54) is 7.11 Å². The van der Waals surface area contributed by atoms with Crippen LogP contribution in [0.15, 0.2) is 53.4 Å². The molecule has 2 heterocycles. The van der Waals surface area contributed by atoms with Crippen molar-refractivity contribution in [2.45, 2.75) is 49.6 Å². The first kappa shape index (κ1) is 24.7. The Morgan fingerprint density at radius 2 is 1.85 bits per heavy atom. The van der Waals surface area contributed by atoms with Gasteiger partial charge in [-0.15, -0.1) is 0 Å². The molecule has 2 saturated heterocycles. The summed E-state index contributed by atoms with van der Waals surface area (Å²) in [5.41, 5.74) is 2.09. The molecular weight excluding hydrogens is 448 g/mol. The van der Waals surface area contributed by atoms with Crippen LogP contribution < -0.4 is 4.74 Å². The molecule has 2 aliphatic heterocycles. The van der Waals surface area contributed by atoms with Crippen molar-refractivity contribution in [1.29, 1.82) is 0 Å². The van der Waals surface area contributed by atoms with Gasteiger partial charge in [-0.2, -0.15) is 4.31 Å². The van der Waals surface area contributed by atoms with Crippen LogP contribution in [0.1, 0.15) is 43.7 Å². The minimum absolute atomic E-state index is 0.00271. The maximum atomic E-state index is 13.5. The third kappa shape index (κ3) is 5.01. The van der Waals surface area contributed by atoms with Gasteiger partial charge in [0.2, 0.25) is 10.0 Å². The smallest absolute Gasteiger partial charge is 0.243 e. The Hall–Kier alpha value is -2.37. The fourth-order valence-electron chi connectivity index (χ4n) is 5.05. The lowest BCUT2D eigenvalue weighted by Gasteiger charge is -2.57. The molecule has 1 N–H and O–H groups in total. The third-order valence-electron chi connectivity index (χ3n) is 6.81. The van der Waals surface area contributed by atoms with Crippen LogP contribution in [0.4, 0.5) is 0 Å². The number of aliphatic hydroxyl groups excluding tert-OH is 1. The zero-order valence-electron chi connectivity index (χ0n) is 20.1. The molecule has 0 spiro atoms. The summed E-state index contributed by atoms with van der Waals surface area (Å²) in [6, 6.07) is 14.9. The van der Waals surface area contributed by atoms with Gasteiger partial charge in [0.1, 0.15) is 5.75 Å². The van der Waals surface area contributed by atoms with E-state index in [1.807, 2.05) is 12.1 Å². The SMILES string of the molecule is COc1cccc(S(=O)(=O)N2CCCCN3[C@@H](CO)[C@H](c4ccc(C#CC(C)C)cc4)[C@@H]3C2)c1. The number of hydrogen-bond acceptors (Lipinski definition) is 5. The van der Waals surface area contributed by atoms with Gasteiger partial charge in [0.25, 0.3) is 0 Å². The molecule has 3 atom stereocenters. The van der Waals surface area contributed by atoms with Gasteiger partial charge < -0.3 is 9.84 Å². The highest BCUT2D eigenvalue weighted by Gasteiger charge is 2.50. The van der Waals surface area contributed by atoms with Crippen LogP contribution >= 0.6 is 0 Å². The molecule has 34 heavy (non-hydrogen) atoms. The summed E-state index contributed by atoms with van der Waals surface area (Å²) in [4.78, 5) is 2.53. The Morgan fingerprint density at radius 3 is 2.53 bits per heavy atom. The van der Waals surface area contributed by atoms with Gasteiger partial charge in [0.05, 0.1) is 18.6 Å². The van der Waals surface area contributed by atoms with E-state index in [9.17, 15) is 13.5 Å². The Morgan fingerprint density at radius 1 is 1.12 bits per heavy atom. The molecule has 2 aromatic rings. The van der Waals surface area contributed by atoms with E-state index in [2.05, 4.69) is 42.7 Å². The van der Waals surface area contributed by atoms with E-state index in [-0.39, 0.29) is 29.5 Å². The van der Waals surface area contributed by atoms with Crippen molar-refractivity contribution >= 4 is 10.0 Å². The van der Waals surface area contributed by atoms with E-state index in [0.29, 0.717) is 24.8 Å². The molecule has 6 nitrogen and oxygen atoms in total. The number of rotatable bonds is 5. The lowest BCUT2D eigenvalue weighted by molar-refractivity contribution is -0.0553. The summed E-state index contributed by atoms with van der Waals surface area (Å²) in [7, 11) is -2.13. The van der Waals surface area contributed by atoms with Gasteiger partial charge in [0, 0.05) is 48.6 Å². The summed E-state index contributed by atoms with van der Waals surface area (Å²) < 4.78 is 34.0. The van der Waals surface area contributed by atoms with Crippen molar-refractivity contribution in [1.82, 2.24) is 9.21 Å². The minimum Gasteiger partial charge on any atom is -0.497 e. The lowest BCUT2D eigenvalue weighted by Crippen LogP contribution is -2.67. The highest BCUT2D eigenvalue weighted by Crippen LogP contribution is 2.42. The van der Waals surface area contributed by atoms with E-state index in [1.54, 1.807) is 28.6 Å². The van der Waals surface area contributed by atoms with E-state index < -0.39 is 10.0 Å². The first-order valence-electron chi connectivity index (χ1n) is 12.0. The number of methoxy groups -OCH3 is 1. The molecule has 0 saturated carbocycles. The largest absolute Gasteiger partial charge is 0.497 e. The minimum atomic E-state index is -3.66. The van der Waals surface area contributed by atoms with Gasteiger partial charge in [-0.3, -0.25) is 4.90 Å². The number of benzene rings is 2. The van der Waals surface area contributed by atoms with Crippen LogP contribution in [0.5, 0.6) is 5.75 Å². The van der Waals surface area contributed by atoms with E-state index >= 15 is 0 Å². The summed E-state index contributed by atoms with van der Waals surface area (Å²) in [5, 5.41) is 10.2. The zero-order chi connectivity index (χ0) is 24.3. The summed E-state index contributed by atoms with van der Waals surface area (Å²) >= 11 is 0. The molecule has 0 unspecified atom stereocenters. The normalized spacial score (nSPS) is 23.7. The molecule has 0 aromatic heterocycles. The molecule has 7 heteroatoms. The van der Waals surface area contributed by atoms with Crippen LogP contribution in [-0.2, 0) is 10.0 Å². The van der Waals surface area contributed by atoms with Crippen molar-refractivity contribution in [2.24, 2.45) is 5.92 Å². The maximum Gasteiger partial charge on any atom is 0.243 e. The number of nitrogens with zero attached hydrogens (tertiary/aromatic N) is 2. The Balaban J connectivity index is 1.61. The fourth-order valence-corrected chi connectivity index (χ4v) is 6.59. The summed E-state index contributed by atoms with van der Waals surface area (Å²) in [6.07, 6.45) is 1.69. The summed E-state index contributed by atoms with van der Waals surface area (Å²) in [6.45, 7) is 5.95. The van der Waals surface area contributed by atoms with Crippen molar-refractivity contribution in [2.75, 3.05) is 33.4 Å². The molecule has 4 rings (SSSR count). The molecule has 0 bridgehead atoms. The summed E-state index contributed by atoms with van der Waals surface area (Å²) in [5.74, 6) is 7.28. The second-order valence-electron chi connectivity index (χ2n) is 9.38. The van der Waals surface area contributed by atoms with Gasteiger partial charge in [0.15, 0.2) is 0 Å². The standard InChI is InChI=1S/C27H34N2O4S/c1-20(2)9-10-21-11-13-22(14-12-21)27-25-18-28(15-4-5-16-29(25)26(27)19-30)34(31,32)24-8-6-7-23(17-24)33-3/h6-8,11-14,17,20,25-27,30H,4-5,15-16,18-19H2,1-3H3/t25-,26-,27+/m0/s1. The number of fused-ring (bicyclic) bond motifs is 1. The van der Waals surface area contributed by atoms with Crippen LogP contribution in [0.25, 0.3) is 0 Å². The zero-order valence-corrected chi connectivity index (χ0v) is 21.0. The molecule has 2 fully saturated rings. The molecule has 182 valence electrons. The van der Waals surface area contributed by atoms with Crippen molar-refractivity contribution in [3.05, 3.63) is 59.7 Å². The average molecular weight is 483 g/mol. The highest BCUT2D eigenvalue weighted by atomic mass is 32.2. The Bertz CT molecular complexity index is 1150. The quantitative estimate of drug-likeness (QED) is 0.662. The number of hydrogen-bond donors (Lipinski definition) is 1. The van der Waals surface area contributed by atoms with E-state index in [0.717, 1.165) is 30.5 Å². The van der Waals surface area contributed by atoms with Crippen molar-refractivity contribution in [3.8, 4) is 17.6 Å². The maximum absolute atomic E-state index is 13.5. The highest BCUT2D eigenvalue weighted by molar-refractivity contribution is 7.89. The number of aliphatic hydroxyl groups is 1. The first-order chi connectivity index (χ1) is 16.3. The Labute approximate surface area is 203 Å².